The molecule has 4 aliphatic carbocycles. The van der Waals surface area contributed by atoms with Crippen LogP contribution in [0.3, 0.4) is 0 Å². The first kappa shape index (κ1) is 24.8. The average Bonchev–Trinajstić information content (AvgIpc) is 3.00. The summed E-state index contributed by atoms with van der Waals surface area (Å²) in [6, 6.07) is 0.000571. The lowest BCUT2D eigenvalue weighted by Gasteiger charge is -2.62. The number of aliphatic hydroxyl groups is 1. The fourth-order valence-corrected chi connectivity index (χ4v) is 9.37. The van der Waals surface area contributed by atoms with E-state index in [0.29, 0.717) is 16.7 Å². The van der Waals surface area contributed by atoms with Crippen molar-refractivity contribution in [1.82, 2.24) is 0 Å². The molecule has 0 saturated heterocycles. The third kappa shape index (κ3) is 4.12. The molecule has 0 unspecified atom stereocenters. The lowest BCUT2D eigenvalue weighted by molar-refractivity contribution is -0.133. The summed E-state index contributed by atoms with van der Waals surface area (Å²) in [5, 5.41) is 10.4. The van der Waals surface area contributed by atoms with Crippen molar-refractivity contribution < 1.29 is 5.11 Å². The highest BCUT2D eigenvalue weighted by molar-refractivity contribution is 5.85. The number of aliphatic hydroxyl groups excluding tert-OH is 1. The quantitative estimate of drug-likeness (QED) is 0.493. The van der Waals surface area contributed by atoms with Crippen LogP contribution in [0.1, 0.15) is 105 Å². The predicted molar refractivity (Wildman–Crippen MR) is 130 cm³/mol. The van der Waals surface area contributed by atoms with E-state index in [0.717, 1.165) is 48.3 Å². The maximum Gasteiger partial charge on any atom is 0.0694 e. The summed E-state index contributed by atoms with van der Waals surface area (Å²) < 4.78 is 0. The Morgan fingerprint density at radius 2 is 1.63 bits per heavy atom. The molecule has 4 saturated carbocycles. The molecule has 0 amide bonds. The molecule has 0 aromatic rings. The normalized spacial score (nSPS) is 49.0. The lowest BCUT2D eigenvalue weighted by Crippen LogP contribution is -2.58. The zero-order chi connectivity index (χ0) is 21.0. The van der Waals surface area contributed by atoms with Crippen LogP contribution in [-0.2, 0) is 0 Å². The van der Waals surface area contributed by atoms with Gasteiger partial charge in [-0.15, -0.1) is 12.4 Å². The molecule has 4 aliphatic rings. The standard InChI is InChI=1S/C27H49NO.ClH/c1-17(2)7-6-8-18(3)21-11-12-22-20-10-9-19-15-25(29)24(28)16-27(19,5)23(20)13-14-26(21,22)4;/h17-25,29H,6-16,28H2,1-5H3;1H/t18-,19+,20+,21-,22+,23+,24+,25+,26-,27+;/m1./s1. The minimum Gasteiger partial charge on any atom is -0.392 e. The monoisotopic (exact) mass is 439 g/mol. The topological polar surface area (TPSA) is 46.2 Å². The molecule has 10 atom stereocenters. The largest absolute Gasteiger partial charge is 0.392 e. The minimum absolute atomic E-state index is 0. The van der Waals surface area contributed by atoms with Crippen molar-refractivity contribution in [3.8, 4) is 0 Å². The van der Waals surface area contributed by atoms with E-state index in [1.54, 1.807) is 0 Å². The summed E-state index contributed by atoms with van der Waals surface area (Å²) in [5.74, 6) is 6.11. The Hall–Kier alpha value is 0.210. The maximum absolute atomic E-state index is 10.4. The molecule has 176 valence electrons. The van der Waals surface area contributed by atoms with Crippen LogP contribution in [0.2, 0.25) is 0 Å². The van der Waals surface area contributed by atoms with Gasteiger partial charge in [-0.2, -0.15) is 0 Å². The summed E-state index contributed by atoms with van der Waals surface area (Å²) in [6.07, 6.45) is 14.6. The third-order valence-electron chi connectivity index (χ3n) is 11.0. The molecule has 0 heterocycles. The van der Waals surface area contributed by atoms with Crippen molar-refractivity contribution in [2.45, 2.75) is 117 Å². The first-order chi connectivity index (χ1) is 13.7. The van der Waals surface area contributed by atoms with Gasteiger partial charge in [0.05, 0.1) is 6.10 Å². The van der Waals surface area contributed by atoms with Crippen LogP contribution in [0.4, 0.5) is 0 Å². The van der Waals surface area contributed by atoms with E-state index in [9.17, 15) is 5.11 Å². The molecular formula is C27H50ClNO. The van der Waals surface area contributed by atoms with Gasteiger partial charge in [0.1, 0.15) is 0 Å². The average molecular weight is 440 g/mol. The predicted octanol–water partition coefficient (Wildman–Crippen LogP) is 6.83. The SMILES string of the molecule is CC(C)CCC[C@@H](C)[C@H]1CC[C@H]2[C@@H]3CC[C@H]4C[C@H](O)[C@@H](N)C[C@]4(C)[C@H]3CC[C@]12C.Cl. The Morgan fingerprint density at radius 3 is 2.33 bits per heavy atom. The summed E-state index contributed by atoms with van der Waals surface area (Å²) >= 11 is 0. The Kier molecular flexibility index (Phi) is 7.64. The fourth-order valence-electron chi connectivity index (χ4n) is 9.37. The van der Waals surface area contributed by atoms with Crippen molar-refractivity contribution in [2.24, 2.45) is 58.0 Å². The Labute approximate surface area is 192 Å². The maximum atomic E-state index is 10.4. The third-order valence-corrected chi connectivity index (χ3v) is 11.0. The summed E-state index contributed by atoms with van der Waals surface area (Å²) in [5.41, 5.74) is 7.36. The number of nitrogens with two attached hydrogens (primary N) is 1. The van der Waals surface area contributed by atoms with Gasteiger partial charge in [0.15, 0.2) is 0 Å². The first-order valence-electron chi connectivity index (χ1n) is 13.1. The van der Waals surface area contributed by atoms with E-state index in [1.807, 2.05) is 0 Å². The molecule has 4 rings (SSSR count). The second kappa shape index (κ2) is 9.22. The van der Waals surface area contributed by atoms with Gasteiger partial charge >= 0.3 is 0 Å². The van der Waals surface area contributed by atoms with Crippen molar-refractivity contribution >= 4 is 12.4 Å². The summed E-state index contributed by atoms with van der Waals surface area (Å²) in [7, 11) is 0. The van der Waals surface area contributed by atoms with Crippen LogP contribution in [0, 0.1) is 52.3 Å². The van der Waals surface area contributed by atoms with Crippen LogP contribution >= 0.6 is 12.4 Å². The van der Waals surface area contributed by atoms with Crippen molar-refractivity contribution in [3.05, 3.63) is 0 Å². The highest BCUT2D eigenvalue weighted by Gasteiger charge is 2.61. The molecule has 3 heteroatoms. The summed E-state index contributed by atoms with van der Waals surface area (Å²) in [6.45, 7) is 12.6. The molecule has 0 spiro atoms. The molecule has 0 radical (unpaired) electrons. The van der Waals surface area contributed by atoms with Crippen molar-refractivity contribution in [2.75, 3.05) is 0 Å². The number of hydrogen-bond donors (Lipinski definition) is 2. The van der Waals surface area contributed by atoms with Gasteiger partial charge in [-0.1, -0.05) is 53.9 Å². The zero-order valence-corrected chi connectivity index (χ0v) is 21.2. The molecular weight excluding hydrogens is 390 g/mol. The van der Waals surface area contributed by atoms with Gasteiger partial charge in [-0.05, 0) is 104 Å². The van der Waals surface area contributed by atoms with E-state index in [2.05, 4.69) is 34.6 Å². The van der Waals surface area contributed by atoms with Crippen LogP contribution in [0.15, 0.2) is 0 Å². The second-order valence-electron chi connectivity index (χ2n) is 12.9. The molecule has 2 nitrogen and oxygen atoms in total. The molecule has 0 aromatic heterocycles. The zero-order valence-electron chi connectivity index (χ0n) is 20.4. The molecule has 4 fully saturated rings. The van der Waals surface area contributed by atoms with Crippen LogP contribution in [0.25, 0.3) is 0 Å². The molecule has 0 aliphatic heterocycles. The van der Waals surface area contributed by atoms with E-state index < -0.39 is 0 Å². The smallest absolute Gasteiger partial charge is 0.0694 e. The van der Waals surface area contributed by atoms with Crippen LogP contribution in [-0.4, -0.2) is 17.3 Å². The summed E-state index contributed by atoms with van der Waals surface area (Å²) in [4.78, 5) is 0. The second-order valence-corrected chi connectivity index (χ2v) is 12.9. The van der Waals surface area contributed by atoms with Gasteiger partial charge < -0.3 is 10.8 Å². The number of halogens is 1. The molecule has 30 heavy (non-hydrogen) atoms. The van der Waals surface area contributed by atoms with Crippen LogP contribution in [0.5, 0.6) is 0 Å². The number of fused-ring (bicyclic) bond motifs is 5. The lowest BCUT2D eigenvalue weighted by atomic mass is 9.44. The van der Waals surface area contributed by atoms with Crippen LogP contribution < -0.4 is 5.73 Å². The van der Waals surface area contributed by atoms with Gasteiger partial charge in [0.25, 0.3) is 0 Å². The number of rotatable bonds is 5. The van der Waals surface area contributed by atoms with E-state index >= 15 is 0 Å². The molecule has 3 N–H and O–H groups in total. The van der Waals surface area contributed by atoms with E-state index in [1.165, 1.54) is 57.8 Å². The fraction of sp³-hybridized carbons (Fsp3) is 1.00. The minimum atomic E-state index is -0.263. The van der Waals surface area contributed by atoms with Gasteiger partial charge in [0, 0.05) is 6.04 Å². The van der Waals surface area contributed by atoms with Crippen molar-refractivity contribution in [3.63, 3.8) is 0 Å². The van der Waals surface area contributed by atoms with Gasteiger partial charge in [-0.3, -0.25) is 0 Å². The number of hydrogen-bond acceptors (Lipinski definition) is 2. The Bertz CT molecular complexity index is 581. The van der Waals surface area contributed by atoms with Gasteiger partial charge in [0.2, 0.25) is 0 Å². The van der Waals surface area contributed by atoms with E-state index in [4.69, 9.17) is 5.73 Å². The Balaban J connectivity index is 0.00000256. The highest BCUT2D eigenvalue weighted by atomic mass is 35.5. The first-order valence-corrected chi connectivity index (χ1v) is 13.1. The Morgan fingerprint density at radius 1 is 0.933 bits per heavy atom. The molecule has 0 bridgehead atoms. The highest BCUT2D eigenvalue weighted by Crippen LogP contribution is 2.68. The molecule has 0 aromatic carbocycles. The van der Waals surface area contributed by atoms with Gasteiger partial charge in [-0.25, -0.2) is 0 Å². The van der Waals surface area contributed by atoms with Crippen molar-refractivity contribution in [1.29, 1.82) is 0 Å². The van der Waals surface area contributed by atoms with E-state index in [-0.39, 0.29) is 24.6 Å².